The van der Waals surface area contributed by atoms with Gasteiger partial charge in [0.25, 0.3) is 0 Å². The number of ether oxygens (including phenoxy) is 1. The molecule has 0 aromatic heterocycles. The fourth-order valence-electron chi connectivity index (χ4n) is 2.96. The number of hydrogen-bond donors (Lipinski definition) is 1. The summed E-state index contributed by atoms with van der Waals surface area (Å²) in [5.74, 6) is 1.67. The molecular weight excluding hydrogens is 338 g/mol. The molecule has 1 aliphatic heterocycles. The Morgan fingerprint density at radius 2 is 1.95 bits per heavy atom. The standard InChI is InChI=1S/C19H22BrNO/c20-18-12-16(11-17-7-4-10-21-13-17)8-9-19(18)22-14-15-5-2-1-3-6-15/h1-3,5-6,8-9,12,17,21H,4,7,10-11,13-14H2. The van der Waals surface area contributed by atoms with E-state index in [4.69, 9.17) is 4.74 Å². The molecule has 2 aromatic rings. The van der Waals surface area contributed by atoms with Crippen molar-refractivity contribution in [3.05, 3.63) is 64.1 Å². The van der Waals surface area contributed by atoms with E-state index in [2.05, 4.69) is 51.6 Å². The van der Waals surface area contributed by atoms with E-state index in [1.54, 1.807) is 0 Å². The van der Waals surface area contributed by atoms with E-state index in [1.165, 1.54) is 30.5 Å². The zero-order valence-corrected chi connectivity index (χ0v) is 14.3. The van der Waals surface area contributed by atoms with Gasteiger partial charge in [0.05, 0.1) is 4.47 Å². The summed E-state index contributed by atoms with van der Waals surface area (Å²) in [6, 6.07) is 16.7. The molecule has 0 saturated carbocycles. The van der Waals surface area contributed by atoms with Crippen molar-refractivity contribution in [2.24, 2.45) is 5.92 Å². The average molecular weight is 360 g/mol. The Kier molecular flexibility index (Phi) is 5.52. The molecule has 1 saturated heterocycles. The first kappa shape index (κ1) is 15.6. The summed E-state index contributed by atoms with van der Waals surface area (Å²) in [5.41, 5.74) is 2.57. The lowest BCUT2D eigenvalue weighted by molar-refractivity contribution is 0.304. The predicted molar refractivity (Wildman–Crippen MR) is 94.2 cm³/mol. The Hall–Kier alpha value is -1.32. The summed E-state index contributed by atoms with van der Waals surface area (Å²) < 4.78 is 6.95. The van der Waals surface area contributed by atoms with Crippen LogP contribution in [-0.2, 0) is 13.0 Å². The molecule has 1 N–H and O–H groups in total. The normalized spacial score (nSPS) is 18.1. The Balaban J connectivity index is 1.59. The Labute approximate surface area is 141 Å². The van der Waals surface area contributed by atoms with Crippen molar-refractivity contribution in [3.63, 3.8) is 0 Å². The molecule has 0 radical (unpaired) electrons. The fourth-order valence-corrected chi connectivity index (χ4v) is 3.50. The zero-order valence-electron chi connectivity index (χ0n) is 12.7. The van der Waals surface area contributed by atoms with Crippen molar-refractivity contribution >= 4 is 15.9 Å². The minimum atomic E-state index is 0.603. The number of piperidine rings is 1. The Bertz CT molecular complexity index is 594. The smallest absolute Gasteiger partial charge is 0.134 e. The van der Waals surface area contributed by atoms with Crippen molar-refractivity contribution in [2.45, 2.75) is 25.9 Å². The van der Waals surface area contributed by atoms with E-state index in [0.29, 0.717) is 6.61 Å². The molecule has 0 spiro atoms. The second-order valence-electron chi connectivity index (χ2n) is 5.96. The van der Waals surface area contributed by atoms with Crippen LogP contribution in [0.2, 0.25) is 0 Å². The number of nitrogens with one attached hydrogen (secondary N) is 1. The summed E-state index contributed by atoms with van der Waals surface area (Å²) in [7, 11) is 0. The van der Waals surface area contributed by atoms with Gasteiger partial charge in [-0.05, 0) is 77.5 Å². The van der Waals surface area contributed by atoms with Crippen LogP contribution >= 0.6 is 15.9 Å². The van der Waals surface area contributed by atoms with Gasteiger partial charge in [0.1, 0.15) is 12.4 Å². The van der Waals surface area contributed by atoms with E-state index in [9.17, 15) is 0 Å². The zero-order chi connectivity index (χ0) is 15.2. The summed E-state index contributed by atoms with van der Waals surface area (Å²) >= 11 is 3.64. The first-order valence-electron chi connectivity index (χ1n) is 7.97. The van der Waals surface area contributed by atoms with Gasteiger partial charge in [-0.25, -0.2) is 0 Å². The topological polar surface area (TPSA) is 21.3 Å². The van der Waals surface area contributed by atoms with Gasteiger partial charge in [0.15, 0.2) is 0 Å². The van der Waals surface area contributed by atoms with Crippen molar-refractivity contribution < 1.29 is 4.74 Å². The van der Waals surface area contributed by atoms with Crippen LogP contribution < -0.4 is 10.1 Å². The van der Waals surface area contributed by atoms with Crippen LogP contribution in [0.1, 0.15) is 24.0 Å². The summed E-state index contributed by atoms with van der Waals surface area (Å²) in [5, 5.41) is 3.48. The van der Waals surface area contributed by atoms with Crippen LogP contribution in [0.25, 0.3) is 0 Å². The van der Waals surface area contributed by atoms with Gasteiger partial charge in [0.2, 0.25) is 0 Å². The molecule has 1 aliphatic rings. The molecular formula is C19H22BrNO. The van der Waals surface area contributed by atoms with Gasteiger partial charge in [-0.2, -0.15) is 0 Å². The van der Waals surface area contributed by atoms with Gasteiger partial charge in [-0.3, -0.25) is 0 Å². The minimum absolute atomic E-state index is 0.603. The van der Waals surface area contributed by atoms with Crippen LogP contribution in [0.3, 0.4) is 0 Å². The summed E-state index contributed by atoms with van der Waals surface area (Å²) in [4.78, 5) is 0. The Morgan fingerprint density at radius 3 is 2.68 bits per heavy atom. The highest BCUT2D eigenvalue weighted by atomic mass is 79.9. The van der Waals surface area contributed by atoms with Crippen LogP contribution in [0.15, 0.2) is 53.0 Å². The van der Waals surface area contributed by atoms with Crippen molar-refractivity contribution in [2.75, 3.05) is 13.1 Å². The molecule has 116 valence electrons. The van der Waals surface area contributed by atoms with E-state index in [1.807, 2.05) is 18.2 Å². The predicted octanol–water partition coefficient (Wildman–Crippen LogP) is 4.57. The first-order valence-corrected chi connectivity index (χ1v) is 8.76. The van der Waals surface area contributed by atoms with E-state index in [0.717, 1.165) is 29.1 Å². The van der Waals surface area contributed by atoms with Crippen LogP contribution in [-0.4, -0.2) is 13.1 Å². The molecule has 1 fully saturated rings. The van der Waals surface area contributed by atoms with Crippen LogP contribution in [0.5, 0.6) is 5.75 Å². The number of rotatable bonds is 5. The average Bonchev–Trinajstić information content (AvgIpc) is 2.56. The van der Waals surface area contributed by atoms with Crippen LogP contribution in [0, 0.1) is 5.92 Å². The molecule has 0 amide bonds. The second-order valence-corrected chi connectivity index (χ2v) is 6.81. The molecule has 3 heteroatoms. The highest BCUT2D eigenvalue weighted by Crippen LogP contribution is 2.28. The molecule has 1 unspecified atom stereocenters. The van der Waals surface area contributed by atoms with E-state index < -0.39 is 0 Å². The number of halogens is 1. The van der Waals surface area contributed by atoms with Crippen molar-refractivity contribution in [3.8, 4) is 5.75 Å². The molecule has 1 heterocycles. The third-order valence-electron chi connectivity index (χ3n) is 4.16. The second kappa shape index (κ2) is 7.80. The lowest BCUT2D eigenvalue weighted by Crippen LogP contribution is -2.30. The van der Waals surface area contributed by atoms with Gasteiger partial charge in [-0.15, -0.1) is 0 Å². The fraction of sp³-hybridized carbons (Fsp3) is 0.368. The van der Waals surface area contributed by atoms with Gasteiger partial charge < -0.3 is 10.1 Å². The molecule has 0 bridgehead atoms. The maximum atomic E-state index is 5.91. The molecule has 22 heavy (non-hydrogen) atoms. The molecule has 3 rings (SSSR count). The van der Waals surface area contributed by atoms with Crippen molar-refractivity contribution in [1.82, 2.24) is 5.32 Å². The SMILES string of the molecule is Brc1cc(CC2CCCNC2)ccc1OCc1ccccc1. The monoisotopic (exact) mass is 359 g/mol. The largest absolute Gasteiger partial charge is 0.488 e. The maximum Gasteiger partial charge on any atom is 0.134 e. The van der Waals surface area contributed by atoms with Gasteiger partial charge in [-0.1, -0.05) is 36.4 Å². The summed E-state index contributed by atoms with van der Waals surface area (Å²) in [6.45, 7) is 2.92. The molecule has 0 aliphatic carbocycles. The molecule has 2 aromatic carbocycles. The third-order valence-corrected chi connectivity index (χ3v) is 4.78. The highest BCUT2D eigenvalue weighted by Gasteiger charge is 2.14. The van der Waals surface area contributed by atoms with Gasteiger partial charge in [0, 0.05) is 0 Å². The Morgan fingerprint density at radius 1 is 1.09 bits per heavy atom. The number of hydrogen-bond acceptors (Lipinski definition) is 2. The van der Waals surface area contributed by atoms with E-state index >= 15 is 0 Å². The van der Waals surface area contributed by atoms with Gasteiger partial charge >= 0.3 is 0 Å². The lowest BCUT2D eigenvalue weighted by Gasteiger charge is -2.23. The summed E-state index contributed by atoms with van der Waals surface area (Å²) in [6.07, 6.45) is 3.77. The number of benzene rings is 2. The highest BCUT2D eigenvalue weighted by molar-refractivity contribution is 9.10. The first-order chi connectivity index (χ1) is 10.8. The molecule has 2 nitrogen and oxygen atoms in total. The van der Waals surface area contributed by atoms with E-state index in [-0.39, 0.29) is 0 Å². The maximum absolute atomic E-state index is 5.91. The minimum Gasteiger partial charge on any atom is -0.488 e. The third kappa shape index (κ3) is 4.34. The quantitative estimate of drug-likeness (QED) is 0.843. The van der Waals surface area contributed by atoms with Crippen LogP contribution in [0.4, 0.5) is 0 Å². The van der Waals surface area contributed by atoms with Crippen molar-refractivity contribution in [1.29, 1.82) is 0 Å². The molecule has 1 atom stereocenters. The lowest BCUT2D eigenvalue weighted by atomic mass is 9.92.